The van der Waals surface area contributed by atoms with Crippen molar-refractivity contribution in [1.29, 1.82) is 0 Å². The monoisotopic (exact) mass is 338 g/mol. The molecule has 1 unspecified atom stereocenters. The topological polar surface area (TPSA) is 75.7 Å². The van der Waals surface area contributed by atoms with Crippen LogP contribution in [-0.4, -0.2) is 30.2 Å². The lowest BCUT2D eigenvalue weighted by Gasteiger charge is -2.32. The Morgan fingerprint density at radius 3 is 2.48 bits per heavy atom. The Labute approximate surface area is 145 Å². The van der Waals surface area contributed by atoms with Gasteiger partial charge in [0.25, 0.3) is 5.91 Å². The van der Waals surface area contributed by atoms with Gasteiger partial charge in [-0.2, -0.15) is 0 Å². The number of para-hydroxylation sites is 2. The number of fused-ring (bicyclic) bond motifs is 1. The average Bonchev–Trinajstić information content (AvgIpc) is 2.59. The van der Waals surface area contributed by atoms with Gasteiger partial charge in [0, 0.05) is 11.3 Å². The number of benzene rings is 2. The number of carbonyl (C=O) groups is 3. The fourth-order valence-corrected chi connectivity index (χ4v) is 2.65. The number of ether oxygens (including phenoxy) is 1. The maximum Gasteiger partial charge on any atom is 0.268 e. The van der Waals surface area contributed by atoms with Crippen molar-refractivity contribution < 1.29 is 19.1 Å². The number of nitrogens with zero attached hydrogens (tertiary/aromatic N) is 1. The Morgan fingerprint density at radius 1 is 1.12 bits per heavy atom. The molecule has 0 aliphatic carbocycles. The zero-order valence-corrected chi connectivity index (χ0v) is 14.0. The van der Waals surface area contributed by atoms with Crippen LogP contribution in [0.1, 0.15) is 24.2 Å². The summed E-state index contributed by atoms with van der Waals surface area (Å²) in [5.74, 6) is -0.0517. The summed E-state index contributed by atoms with van der Waals surface area (Å²) in [5.41, 5.74) is 1.72. The standard InChI is InChI=1S/C19H18N2O4/c1-12(22)14-7-9-15(10-8-14)20-18(23)11-21-16-5-3-4-6-17(16)25-13(2)19(21)24/h3-10,13H,11H2,1-2H3,(H,20,23). The highest BCUT2D eigenvalue weighted by Gasteiger charge is 2.32. The molecular formula is C19H18N2O4. The first-order chi connectivity index (χ1) is 12.0. The molecular weight excluding hydrogens is 320 g/mol. The molecule has 1 N–H and O–H groups in total. The molecule has 6 heteroatoms. The van der Waals surface area contributed by atoms with Crippen LogP contribution in [0, 0.1) is 0 Å². The number of rotatable bonds is 4. The van der Waals surface area contributed by atoms with Crippen molar-refractivity contribution in [1.82, 2.24) is 0 Å². The minimum Gasteiger partial charge on any atom is -0.479 e. The number of Topliss-reactive ketones (excluding diaryl/α,β-unsaturated/α-hetero) is 1. The van der Waals surface area contributed by atoms with Gasteiger partial charge in [0.2, 0.25) is 5.91 Å². The molecule has 0 saturated carbocycles. The van der Waals surface area contributed by atoms with Gasteiger partial charge >= 0.3 is 0 Å². The summed E-state index contributed by atoms with van der Waals surface area (Å²) in [5, 5.41) is 2.74. The van der Waals surface area contributed by atoms with Crippen molar-refractivity contribution in [2.45, 2.75) is 20.0 Å². The fraction of sp³-hybridized carbons (Fsp3) is 0.211. The van der Waals surface area contributed by atoms with Crippen molar-refractivity contribution >= 4 is 29.0 Å². The zero-order valence-electron chi connectivity index (χ0n) is 14.0. The molecule has 0 fully saturated rings. The Balaban J connectivity index is 1.74. The first kappa shape index (κ1) is 16.7. The smallest absolute Gasteiger partial charge is 0.268 e. The minimum atomic E-state index is -0.641. The van der Waals surface area contributed by atoms with Crippen molar-refractivity contribution in [3.05, 3.63) is 54.1 Å². The van der Waals surface area contributed by atoms with E-state index >= 15 is 0 Å². The first-order valence-corrected chi connectivity index (χ1v) is 7.93. The second kappa shape index (κ2) is 6.76. The summed E-state index contributed by atoms with van der Waals surface area (Å²) < 4.78 is 5.55. The van der Waals surface area contributed by atoms with Crippen molar-refractivity contribution in [3.63, 3.8) is 0 Å². The van der Waals surface area contributed by atoms with Crippen molar-refractivity contribution in [2.75, 3.05) is 16.8 Å². The third-order valence-corrected chi connectivity index (χ3v) is 3.95. The van der Waals surface area contributed by atoms with Crippen LogP contribution in [0.25, 0.3) is 0 Å². The second-order valence-electron chi connectivity index (χ2n) is 5.83. The Hall–Kier alpha value is -3.15. The van der Waals surface area contributed by atoms with E-state index in [1.54, 1.807) is 49.4 Å². The first-order valence-electron chi connectivity index (χ1n) is 7.93. The number of amides is 2. The van der Waals surface area contributed by atoms with E-state index in [0.717, 1.165) is 0 Å². The number of nitrogens with one attached hydrogen (secondary N) is 1. The van der Waals surface area contributed by atoms with E-state index in [-0.39, 0.29) is 24.1 Å². The predicted octanol–water partition coefficient (Wildman–Crippen LogP) is 2.64. The van der Waals surface area contributed by atoms with Gasteiger partial charge < -0.3 is 10.1 Å². The predicted molar refractivity (Wildman–Crippen MR) is 94.0 cm³/mol. The molecule has 128 valence electrons. The Kier molecular flexibility index (Phi) is 4.52. The summed E-state index contributed by atoms with van der Waals surface area (Å²) >= 11 is 0. The van der Waals surface area contributed by atoms with Crippen LogP contribution >= 0.6 is 0 Å². The maximum absolute atomic E-state index is 12.4. The van der Waals surface area contributed by atoms with E-state index < -0.39 is 6.10 Å². The molecule has 25 heavy (non-hydrogen) atoms. The summed E-state index contributed by atoms with van der Waals surface area (Å²) in [7, 11) is 0. The molecule has 0 spiro atoms. The Bertz CT molecular complexity index is 830. The number of hydrogen-bond acceptors (Lipinski definition) is 4. The third-order valence-electron chi connectivity index (χ3n) is 3.95. The van der Waals surface area contributed by atoms with E-state index in [2.05, 4.69) is 5.32 Å². The molecule has 1 aliphatic rings. The van der Waals surface area contributed by atoms with Gasteiger partial charge in [-0.25, -0.2) is 0 Å². The van der Waals surface area contributed by atoms with E-state index in [1.165, 1.54) is 11.8 Å². The van der Waals surface area contributed by atoms with Crippen molar-refractivity contribution in [3.8, 4) is 5.75 Å². The van der Waals surface area contributed by atoms with Crippen LogP contribution in [0.3, 0.4) is 0 Å². The van der Waals surface area contributed by atoms with Crippen LogP contribution in [0.2, 0.25) is 0 Å². The van der Waals surface area contributed by atoms with Gasteiger partial charge in [-0.05, 0) is 50.2 Å². The zero-order chi connectivity index (χ0) is 18.0. The molecule has 0 bridgehead atoms. The highest BCUT2D eigenvalue weighted by molar-refractivity contribution is 6.06. The summed E-state index contributed by atoms with van der Waals surface area (Å²) in [6.45, 7) is 3.03. The normalized spacial score (nSPS) is 16.0. The lowest BCUT2D eigenvalue weighted by Crippen LogP contribution is -2.47. The van der Waals surface area contributed by atoms with E-state index in [4.69, 9.17) is 4.74 Å². The number of anilines is 2. The van der Waals surface area contributed by atoms with Crippen LogP contribution in [0.15, 0.2) is 48.5 Å². The van der Waals surface area contributed by atoms with E-state index in [0.29, 0.717) is 22.7 Å². The van der Waals surface area contributed by atoms with Gasteiger partial charge in [0.05, 0.1) is 5.69 Å². The van der Waals surface area contributed by atoms with Gasteiger partial charge in [-0.3, -0.25) is 19.3 Å². The largest absolute Gasteiger partial charge is 0.479 e. The molecule has 0 aromatic heterocycles. The second-order valence-corrected chi connectivity index (χ2v) is 5.83. The minimum absolute atomic E-state index is 0.0395. The van der Waals surface area contributed by atoms with E-state index in [9.17, 15) is 14.4 Å². The lowest BCUT2D eigenvalue weighted by molar-refractivity contribution is -0.127. The van der Waals surface area contributed by atoms with Gasteiger partial charge in [-0.1, -0.05) is 12.1 Å². The molecule has 1 atom stereocenters. The summed E-state index contributed by atoms with van der Waals surface area (Å²) in [4.78, 5) is 37.4. The van der Waals surface area contributed by atoms with Gasteiger partial charge in [0.1, 0.15) is 12.3 Å². The maximum atomic E-state index is 12.4. The Morgan fingerprint density at radius 2 is 1.80 bits per heavy atom. The highest BCUT2D eigenvalue weighted by atomic mass is 16.5. The molecule has 2 aromatic carbocycles. The molecule has 3 rings (SSSR count). The van der Waals surface area contributed by atoms with Gasteiger partial charge in [0.15, 0.2) is 11.9 Å². The molecule has 6 nitrogen and oxygen atoms in total. The van der Waals surface area contributed by atoms with Crippen LogP contribution < -0.4 is 15.0 Å². The van der Waals surface area contributed by atoms with Gasteiger partial charge in [-0.15, -0.1) is 0 Å². The molecule has 2 aromatic rings. The summed E-state index contributed by atoms with van der Waals surface area (Å²) in [6.07, 6.45) is -0.641. The van der Waals surface area contributed by atoms with Crippen LogP contribution in [0.5, 0.6) is 5.75 Å². The highest BCUT2D eigenvalue weighted by Crippen LogP contribution is 2.33. The quantitative estimate of drug-likeness (QED) is 0.870. The molecule has 0 radical (unpaired) electrons. The van der Waals surface area contributed by atoms with Crippen molar-refractivity contribution in [2.24, 2.45) is 0 Å². The van der Waals surface area contributed by atoms with E-state index in [1.807, 2.05) is 6.07 Å². The number of hydrogen-bond donors (Lipinski definition) is 1. The molecule has 1 heterocycles. The SMILES string of the molecule is CC(=O)c1ccc(NC(=O)CN2C(=O)C(C)Oc3ccccc32)cc1. The third kappa shape index (κ3) is 3.52. The number of carbonyl (C=O) groups excluding carboxylic acids is 3. The molecule has 2 amide bonds. The average molecular weight is 338 g/mol. The van der Waals surface area contributed by atoms with Crippen LogP contribution in [0.4, 0.5) is 11.4 Å². The molecule has 1 aliphatic heterocycles. The van der Waals surface area contributed by atoms with Crippen LogP contribution in [-0.2, 0) is 9.59 Å². The number of ketones is 1. The summed E-state index contributed by atoms with van der Waals surface area (Å²) in [6, 6.07) is 13.7. The fourth-order valence-electron chi connectivity index (χ4n) is 2.65. The molecule has 0 saturated heterocycles. The lowest BCUT2D eigenvalue weighted by atomic mass is 10.1.